The van der Waals surface area contributed by atoms with Gasteiger partial charge in [0, 0.05) is 17.6 Å². The number of hydrazone groups is 1. The molecule has 0 radical (unpaired) electrons. The zero-order chi connectivity index (χ0) is 21.3. The van der Waals surface area contributed by atoms with Crippen LogP contribution < -0.4 is 16.7 Å². The van der Waals surface area contributed by atoms with Crippen LogP contribution in [-0.4, -0.2) is 30.4 Å². The first kappa shape index (κ1) is 19.5. The van der Waals surface area contributed by atoms with E-state index in [2.05, 4.69) is 20.5 Å². The Labute approximate surface area is 174 Å². The van der Waals surface area contributed by atoms with E-state index in [4.69, 9.17) is 11.6 Å². The number of nitrogens with one attached hydrogen (secondary N) is 2. The Morgan fingerprint density at radius 3 is 2.67 bits per heavy atom. The molecule has 0 aliphatic heterocycles. The van der Waals surface area contributed by atoms with Crippen molar-refractivity contribution in [3.8, 4) is 5.75 Å². The number of nitrogens with zero attached hydrogens (tertiary/aromatic N) is 4. The first-order valence-electron chi connectivity index (χ1n) is 8.95. The second-order valence-electron chi connectivity index (χ2n) is 6.57. The van der Waals surface area contributed by atoms with Crippen LogP contribution in [0.15, 0.2) is 63.2 Å². The van der Waals surface area contributed by atoms with E-state index in [0.717, 1.165) is 5.56 Å². The molecular weight excluding hydrogens is 408 g/mol. The van der Waals surface area contributed by atoms with E-state index in [0.29, 0.717) is 17.1 Å². The number of hydrogen-bond acceptors (Lipinski definition) is 6. The van der Waals surface area contributed by atoms with Gasteiger partial charge in [-0.15, -0.1) is 0 Å². The highest BCUT2D eigenvalue weighted by molar-refractivity contribution is 6.30. The monoisotopic (exact) mass is 424 g/mol. The molecule has 4 aromatic rings. The highest BCUT2D eigenvalue weighted by Gasteiger charge is 2.17. The second-order valence-corrected chi connectivity index (χ2v) is 7.00. The van der Waals surface area contributed by atoms with Crippen LogP contribution in [0.4, 0.5) is 5.95 Å². The van der Waals surface area contributed by atoms with Crippen LogP contribution in [-0.2, 0) is 13.6 Å². The molecule has 0 aliphatic carbocycles. The zero-order valence-electron chi connectivity index (χ0n) is 15.8. The zero-order valence-corrected chi connectivity index (χ0v) is 16.6. The molecule has 9 nitrogen and oxygen atoms in total. The Bertz CT molecular complexity index is 1370. The number of fused-ring (bicyclic) bond motifs is 1. The van der Waals surface area contributed by atoms with Crippen LogP contribution in [0.2, 0.25) is 5.02 Å². The number of aromatic amines is 1. The van der Waals surface area contributed by atoms with E-state index in [9.17, 15) is 14.7 Å². The number of H-pyrrole nitrogens is 1. The van der Waals surface area contributed by atoms with Gasteiger partial charge in [-0.1, -0.05) is 35.9 Å². The first-order chi connectivity index (χ1) is 14.4. The summed E-state index contributed by atoms with van der Waals surface area (Å²) in [5.41, 5.74) is 3.52. The number of aryl methyl sites for hydroxylation is 1. The fourth-order valence-corrected chi connectivity index (χ4v) is 3.13. The Hall–Kier alpha value is -3.85. The van der Waals surface area contributed by atoms with Crippen molar-refractivity contribution in [1.82, 2.24) is 19.1 Å². The van der Waals surface area contributed by atoms with Gasteiger partial charge in [-0.05, 0) is 29.8 Å². The number of phenolic OH excluding ortho intramolecular Hbond substituents is 1. The minimum Gasteiger partial charge on any atom is -0.507 e. The van der Waals surface area contributed by atoms with Crippen LogP contribution in [0.5, 0.6) is 5.75 Å². The van der Waals surface area contributed by atoms with Gasteiger partial charge in [0.1, 0.15) is 5.75 Å². The minimum atomic E-state index is -0.562. The third kappa shape index (κ3) is 3.70. The highest BCUT2D eigenvalue weighted by atomic mass is 35.5. The molecule has 0 saturated carbocycles. The number of imidazole rings is 1. The van der Waals surface area contributed by atoms with Gasteiger partial charge in [0.2, 0.25) is 5.95 Å². The van der Waals surface area contributed by atoms with E-state index in [1.807, 2.05) is 12.1 Å². The lowest BCUT2D eigenvalue weighted by Gasteiger charge is -2.08. The Morgan fingerprint density at radius 1 is 1.20 bits per heavy atom. The number of para-hydroxylation sites is 1. The molecule has 0 spiro atoms. The lowest BCUT2D eigenvalue weighted by Crippen LogP contribution is -2.29. The number of aromatic hydroxyl groups is 1. The van der Waals surface area contributed by atoms with Crippen LogP contribution >= 0.6 is 11.6 Å². The lowest BCUT2D eigenvalue weighted by atomic mass is 10.2. The second kappa shape index (κ2) is 7.88. The predicted octanol–water partition coefficient (Wildman–Crippen LogP) is 2.28. The number of aromatic nitrogens is 4. The number of hydrogen-bond donors (Lipinski definition) is 3. The minimum absolute atomic E-state index is 0.0801. The molecule has 0 unspecified atom stereocenters. The molecule has 2 heterocycles. The molecule has 152 valence electrons. The maximum Gasteiger partial charge on any atom is 0.329 e. The summed E-state index contributed by atoms with van der Waals surface area (Å²) in [7, 11) is 1.52. The summed E-state index contributed by atoms with van der Waals surface area (Å²) in [6, 6.07) is 13.9. The number of rotatable bonds is 5. The summed E-state index contributed by atoms with van der Waals surface area (Å²) in [5, 5.41) is 14.6. The van der Waals surface area contributed by atoms with Crippen LogP contribution in [0.25, 0.3) is 11.2 Å². The summed E-state index contributed by atoms with van der Waals surface area (Å²) in [6.45, 7) is 0.295. The molecule has 0 amide bonds. The third-order valence-electron chi connectivity index (χ3n) is 4.57. The average molecular weight is 425 g/mol. The fraction of sp³-hybridized carbons (Fsp3) is 0.100. The molecule has 4 rings (SSSR count). The van der Waals surface area contributed by atoms with Gasteiger partial charge in [-0.2, -0.15) is 10.1 Å². The van der Waals surface area contributed by atoms with Crippen LogP contribution in [0, 0.1) is 0 Å². The summed E-state index contributed by atoms with van der Waals surface area (Å²) < 4.78 is 2.88. The molecule has 0 atom stereocenters. The number of halogens is 1. The summed E-state index contributed by atoms with van der Waals surface area (Å²) in [6.07, 6.45) is 1.44. The maximum absolute atomic E-state index is 12.5. The van der Waals surface area contributed by atoms with Crippen molar-refractivity contribution in [1.29, 1.82) is 0 Å². The molecule has 0 aliphatic rings. The van der Waals surface area contributed by atoms with Gasteiger partial charge in [0.05, 0.1) is 12.8 Å². The van der Waals surface area contributed by atoms with Gasteiger partial charge in [0.25, 0.3) is 5.56 Å². The summed E-state index contributed by atoms with van der Waals surface area (Å²) in [5.74, 6) is 0.342. The van der Waals surface area contributed by atoms with Crippen molar-refractivity contribution in [3.05, 3.63) is 85.5 Å². The van der Waals surface area contributed by atoms with E-state index < -0.39 is 11.2 Å². The molecule has 30 heavy (non-hydrogen) atoms. The molecular formula is C20H17ClN6O3. The SMILES string of the molecule is Cn1c(=O)[nH]c(=O)c2c1nc(N/N=C/c1ccccc1O)n2Cc1ccc(Cl)cc1. The third-order valence-corrected chi connectivity index (χ3v) is 4.82. The molecule has 3 N–H and O–H groups in total. The van der Waals surface area contributed by atoms with E-state index in [1.165, 1.54) is 17.8 Å². The Morgan fingerprint density at radius 2 is 1.93 bits per heavy atom. The number of phenols is 1. The van der Waals surface area contributed by atoms with Crippen LogP contribution in [0.3, 0.4) is 0 Å². The molecule has 10 heteroatoms. The smallest absolute Gasteiger partial charge is 0.329 e. The van der Waals surface area contributed by atoms with Crippen molar-refractivity contribution in [2.45, 2.75) is 6.54 Å². The van der Waals surface area contributed by atoms with E-state index in [1.54, 1.807) is 41.0 Å². The topological polar surface area (TPSA) is 117 Å². The molecule has 0 saturated heterocycles. The van der Waals surface area contributed by atoms with Gasteiger partial charge in [0.15, 0.2) is 11.2 Å². The van der Waals surface area contributed by atoms with Gasteiger partial charge in [-0.25, -0.2) is 10.2 Å². The number of anilines is 1. The van der Waals surface area contributed by atoms with Crippen molar-refractivity contribution in [3.63, 3.8) is 0 Å². The quantitative estimate of drug-likeness (QED) is 0.335. The molecule has 0 bridgehead atoms. The van der Waals surface area contributed by atoms with Crippen molar-refractivity contribution in [2.24, 2.45) is 12.1 Å². The van der Waals surface area contributed by atoms with Crippen molar-refractivity contribution in [2.75, 3.05) is 5.43 Å². The van der Waals surface area contributed by atoms with Crippen molar-refractivity contribution < 1.29 is 5.11 Å². The number of benzene rings is 2. The largest absolute Gasteiger partial charge is 0.507 e. The average Bonchev–Trinajstić information content (AvgIpc) is 3.08. The highest BCUT2D eigenvalue weighted by Crippen LogP contribution is 2.19. The Kier molecular flexibility index (Phi) is 5.11. The fourth-order valence-electron chi connectivity index (χ4n) is 3.00. The summed E-state index contributed by atoms with van der Waals surface area (Å²) in [4.78, 5) is 31.2. The van der Waals surface area contributed by atoms with E-state index >= 15 is 0 Å². The first-order valence-corrected chi connectivity index (χ1v) is 9.33. The maximum atomic E-state index is 12.5. The molecule has 2 aromatic heterocycles. The van der Waals surface area contributed by atoms with Gasteiger partial charge >= 0.3 is 5.69 Å². The summed E-state index contributed by atoms with van der Waals surface area (Å²) >= 11 is 5.96. The predicted molar refractivity (Wildman–Crippen MR) is 115 cm³/mol. The van der Waals surface area contributed by atoms with E-state index in [-0.39, 0.29) is 22.9 Å². The molecule has 2 aromatic carbocycles. The van der Waals surface area contributed by atoms with Gasteiger partial charge in [-0.3, -0.25) is 18.9 Å². The van der Waals surface area contributed by atoms with Crippen molar-refractivity contribution >= 4 is 34.9 Å². The van der Waals surface area contributed by atoms with Crippen LogP contribution in [0.1, 0.15) is 11.1 Å². The lowest BCUT2D eigenvalue weighted by molar-refractivity contribution is 0.474. The Balaban J connectivity index is 1.79. The molecule has 0 fully saturated rings. The normalized spacial score (nSPS) is 11.4. The van der Waals surface area contributed by atoms with Gasteiger partial charge < -0.3 is 5.11 Å². The standard InChI is InChI=1S/C20H17ClN6O3/c1-26-17-16(18(29)24-20(26)30)27(11-12-6-8-14(21)9-7-12)19(23-17)25-22-10-13-4-2-3-5-15(13)28/h2-10,28H,11H2,1H3,(H,23,25)(H,24,29,30)/b22-10+.